The van der Waals surface area contributed by atoms with Crippen LogP contribution < -0.4 is 27.4 Å². The van der Waals surface area contributed by atoms with Crippen molar-refractivity contribution in [3.05, 3.63) is 71.9 Å². The summed E-state index contributed by atoms with van der Waals surface area (Å²) in [5.41, 5.74) is 11.6. The average Bonchev–Trinajstić information content (AvgIpc) is 3.00. The third-order valence-electron chi connectivity index (χ3n) is 6.73. The Kier molecular flexibility index (Phi) is 12.8. The van der Waals surface area contributed by atoms with Crippen molar-refractivity contribution in [2.45, 2.75) is 37.5 Å². The Bertz CT molecular complexity index is 1460. The van der Waals surface area contributed by atoms with Crippen LogP contribution in [0.25, 0.3) is 10.9 Å². The normalized spacial score (nSPS) is 12.7. The molecular formula is C30H36F3N7O5. The van der Waals surface area contributed by atoms with Gasteiger partial charge in [-0.3, -0.25) is 24.2 Å². The van der Waals surface area contributed by atoms with Crippen LogP contribution in [0.15, 0.2) is 60.8 Å². The second kappa shape index (κ2) is 16.5. The second-order valence-corrected chi connectivity index (χ2v) is 10.1. The number of aliphatic hydroxyl groups excluding tert-OH is 1. The van der Waals surface area contributed by atoms with Crippen molar-refractivity contribution in [1.29, 1.82) is 0 Å². The predicted octanol–water partition coefficient (Wildman–Crippen LogP) is 0.923. The highest BCUT2D eigenvalue weighted by Crippen LogP contribution is 2.29. The number of nitrogens with one attached hydrogen (secondary N) is 3. The number of rotatable bonds is 15. The molecule has 0 aliphatic carbocycles. The molecule has 0 fully saturated rings. The number of anilines is 1. The molecule has 4 amide bonds. The fourth-order valence-electron chi connectivity index (χ4n) is 4.47. The fourth-order valence-corrected chi connectivity index (χ4v) is 4.47. The van der Waals surface area contributed by atoms with Gasteiger partial charge in [-0.15, -0.1) is 0 Å². The number of nitrogens with zero attached hydrogens (tertiary/aromatic N) is 2. The Balaban J connectivity index is 1.89. The van der Waals surface area contributed by atoms with Crippen molar-refractivity contribution in [3.8, 4) is 0 Å². The first kappa shape index (κ1) is 34.9. The number of amides is 4. The maximum atomic E-state index is 13.5. The molecule has 0 saturated carbocycles. The monoisotopic (exact) mass is 631 g/mol. The Hall–Kier alpha value is -4.60. The topological polar surface area (TPSA) is 193 Å². The van der Waals surface area contributed by atoms with Gasteiger partial charge in [0.05, 0.1) is 36.0 Å². The molecule has 3 aromatic rings. The van der Waals surface area contributed by atoms with Gasteiger partial charge in [0.25, 0.3) is 0 Å². The quantitative estimate of drug-likeness (QED) is 0.143. The molecule has 12 nitrogen and oxygen atoms in total. The standard InChI is InChI=1S/C30H36F3N7O5/c31-30(32,33)21-7-5-19(6-8-21)15-24(28(44)37-22-16-20-3-1-2-4-23(20)36-18-22)39-29(45)25(38-26(42)9-14-41)17-27(43)40(12-10-34)13-11-35/h1-8,16,18,24-25,41H,9-15,17,34-35H2,(H,37,44)(H,38,42)(H,39,45). The molecule has 3 rings (SSSR count). The molecule has 0 bridgehead atoms. The zero-order valence-corrected chi connectivity index (χ0v) is 24.3. The first-order chi connectivity index (χ1) is 21.4. The number of hydrogen-bond donors (Lipinski definition) is 6. The minimum absolute atomic E-state index is 0.123. The highest BCUT2D eigenvalue weighted by atomic mass is 19.4. The van der Waals surface area contributed by atoms with Crippen molar-refractivity contribution in [2.75, 3.05) is 38.1 Å². The number of aliphatic hydroxyl groups is 1. The van der Waals surface area contributed by atoms with Crippen LogP contribution in [0.5, 0.6) is 0 Å². The van der Waals surface area contributed by atoms with Crippen LogP contribution in [0.1, 0.15) is 24.0 Å². The Labute approximate surface area is 257 Å². The van der Waals surface area contributed by atoms with Crippen molar-refractivity contribution in [1.82, 2.24) is 20.5 Å². The number of nitrogens with two attached hydrogens (primary N) is 2. The number of benzene rings is 2. The number of fused-ring (bicyclic) bond motifs is 1. The van der Waals surface area contributed by atoms with Gasteiger partial charge in [0, 0.05) is 44.4 Å². The van der Waals surface area contributed by atoms with Crippen LogP contribution in [-0.2, 0) is 31.8 Å². The molecule has 0 spiro atoms. The maximum absolute atomic E-state index is 13.5. The van der Waals surface area contributed by atoms with E-state index >= 15 is 0 Å². The second-order valence-electron chi connectivity index (χ2n) is 10.1. The van der Waals surface area contributed by atoms with Gasteiger partial charge in [0.1, 0.15) is 12.1 Å². The van der Waals surface area contributed by atoms with Crippen LogP contribution in [0, 0.1) is 0 Å². The lowest BCUT2D eigenvalue weighted by Gasteiger charge is -2.26. The molecule has 2 atom stereocenters. The molecule has 15 heteroatoms. The SMILES string of the molecule is NCCN(CCN)C(=O)CC(NC(=O)CCO)C(=O)NC(Cc1ccc(C(F)(F)F)cc1)C(=O)Nc1cnc2ccccc2c1. The van der Waals surface area contributed by atoms with Crippen LogP contribution in [0.2, 0.25) is 0 Å². The van der Waals surface area contributed by atoms with Gasteiger partial charge >= 0.3 is 6.18 Å². The number of aromatic nitrogens is 1. The number of alkyl halides is 3. The lowest BCUT2D eigenvalue weighted by atomic mass is 10.0. The first-order valence-electron chi connectivity index (χ1n) is 14.2. The molecule has 1 aromatic heterocycles. The predicted molar refractivity (Wildman–Crippen MR) is 160 cm³/mol. The highest BCUT2D eigenvalue weighted by molar-refractivity contribution is 6.00. The molecule has 45 heavy (non-hydrogen) atoms. The zero-order valence-electron chi connectivity index (χ0n) is 24.3. The largest absolute Gasteiger partial charge is 0.416 e. The summed E-state index contributed by atoms with van der Waals surface area (Å²) in [7, 11) is 0. The molecule has 2 unspecified atom stereocenters. The summed E-state index contributed by atoms with van der Waals surface area (Å²) in [6, 6.07) is 10.1. The Morgan fingerprint density at radius 3 is 2.20 bits per heavy atom. The summed E-state index contributed by atoms with van der Waals surface area (Å²) in [4.78, 5) is 58.0. The van der Waals surface area contributed by atoms with E-state index in [-0.39, 0.29) is 39.0 Å². The van der Waals surface area contributed by atoms with E-state index in [0.717, 1.165) is 17.5 Å². The van der Waals surface area contributed by atoms with Crippen LogP contribution in [0.4, 0.5) is 18.9 Å². The number of carbonyl (C=O) groups excluding carboxylic acids is 4. The van der Waals surface area contributed by atoms with Crippen molar-refractivity contribution < 1.29 is 37.5 Å². The van der Waals surface area contributed by atoms with Crippen molar-refractivity contribution in [3.63, 3.8) is 0 Å². The van der Waals surface area contributed by atoms with E-state index < -0.39 is 60.5 Å². The summed E-state index contributed by atoms with van der Waals surface area (Å²) in [6.07, 6.45) is -4.24. The van der Waals surface area contributed by atoms with E-state index in [9.17, 15) is 32.3 Å². The fraction of sp³-hybridized carbons (Fsp3) is 0.367. The van der Waals surface area contributed by atoms with E-state index in [4.69, 9.17) is 16.6 Å². The van der Waals surface area contributed by atoms with Crippen LogP contribution in [-0.4, -0.2) is 83.5 Å². The van der Waals surface area contributed by atoms with Gasteiger partial charge in [-0.1, -0.05) is 30.3 Å². The average molecular weight is 632 g/mol. The number of hydrogen-bond acceptors (Lipinski definition) is 8. The summed E-state index contributed by atoms with van der Waals surface area (Å²) in [5.74, 6) is -2.89. The summed E-state index contributed by atoms with van der Waals surface area (Å²) >= 11 is 0. The molecule has 0 radical (unpaired) electrons. The molecular weight excluding hydrogens is 595 g/mol. The third-order valence-corrected chi connectivity index (χ3v) is 6.73. The summed E-state index contributed by atoms with van der Waals surface area (Å²) < 4.78 is 39.4. The van der Waals surface area contributed by atoms with Gasteiger partial charge in [0.15, 0.2) is 0 Å². The van der Waals surface area contributed by atoms with E-state index in [1.807, 2.05) is 0 Å². The van der Waals surface area contributed by atoms with Gasteiger partial charge in [0.2, 0.25) is 23.6 Å². The number of halogens is 3. The smallest absolute Gasteiger partial charge is 0.396 e. The van der Waals surface area contributed by atoms with Crippen molar-refractivity contribution in [2.24, 2.45) is 11.5 Å². The first-order valence-corrected chi connectivity index (χ1v) is 14.2. The van der Waals surface area contributed by atoms with E-state index in [1.54, 1.807) is 30.3 Å². The van der Waals surface area contributed by atoms with Crippen molar-refractivity contribution >= 4 is 40.2 Å². The minimum atomic E-state index is -4.57. The van der Waals surface area contributed by atoms with Crippen LogP contribution in [0.3, 0.4) is 0 Å². The third kappa shape index (κ3) is 10.5. The summed E-state index contributed by atoms with van der Waals surface area (Å²) in [5, 5.41) is 17.5. The van der Waals surface area contributed by atoms with Gasteiger partial charge in [-0.2, -0.15) is 13.2 Å². The molecule has 0 aliphatic heterocycles. The minimum Gasteiger partial charge on any atom is -0.396 e. The number of carbonyl (C=O) groups is 4. The molecule has 242 valence electrons. The van der Waals surface area contributed by atoms with E-state index in [0.29, 0.717) is 16.8 Å². The Morgan fingerprint density at radius 2 is 1.58 bits per heavy atom. The maximum Gasteiger partial charge on any atom is 0.416 e. The van der Waals surface area contributed by atoms with Gasteiger partial charge < -0.3 is 37.4 Å². The van der Waals surface area contributed by atoms with E-state index in [1.165, 1.54) is 23.2 Å². The lowest BCUT2D eigenvalue weighted by molar-refractivity contribution is -0.138. The molecule has 1 heterocycles. The molecule has 0 saturated heterocycles. The lowest BCUT2D eigenvalue weighted by Crippen LogP contribution is -2.55. The zero-order chi connectivity index (χ0) is 33.0. The van der Waals surface area contributed by atoms with E-state index in [2.05, 4.69) is 20.9 Å². The molecule has 2 aromatic carbocycles. The highest BCUT2D eigenvalue weighted by Gasteiger charge is 2.32. The molecule has 8 N–H and O–H groups in total. The molecule has 0 aliphatic rings. The Morgan fingerprint density at radius 1 is 0.911 bits per heavy atom. The summed E-state index contributed by atoms with van der Waals surface area (Å²) in [6.45, 7) is 0.0255. The van der Waals surface area contributed by atoms with Crippen LogP contribution >= 0.6 is 0 Å². The van der Waals surface area contributed by atoms with Gasteiger partial charge in [-0.05, 0) is 29.8 Å². The number of pyridine rings is 1. The number of para-hydroxylation sites is 1. The van der Waals surface area contributed by atoms with Gasteiger partial charge in [-0.25, -0.2) is 0 Å².